The van der Waals surface area contributed by atoms with Crippen molar-refractivity contribution in [3.63, 3.8) is 0 Å². The molecule has 0 aliphatic carbocycles. The summed E-state index contributed by atoms with van der Waals surface area (Å²) in [4.78, 5) is 47.5. The van der Waals surface area contributed by atoms with E-state index in [4.69, 9.17) is 5.73 Å². The summed E-state index contributed by atoms with van der Waals surface area (Å²) in [5.41, 5.74) is 5.77. The summed E-state index contributed by atoms with van der Waals surface area (Å²) in [5.74, 6) is -3.18. The molecule has 7 N–H and O–H groups in total. The molecular weight excluding hydrogens is 380 g/mol. The van der Waals surface area contributed by atoms with E-state index in [-0.39, 0.29) is 31.2 Å². The number of aliphatic carboxylic acids is 1. The first-order chi connectivity index (χ1) is 13.7. The minimum absolute atomic E-state index is 0.00901. The fourth-order valence-corrected chi connectivity index (χ4v) is 2.51. The van der Waals surface area contributed by atoms with Gasteiger partial charge in [0.25, 0.3) is 0 Å². The summed E-state index contributed by atoms with van der Waals surface area (Å²) >= 11 is 0. The van der Waals surface area contributed by atoms with Crippen LogP contribution in [-0.4, -0.2) is 59.1 Å². The van der Waals surface area contributed by atoms with E-state index in [9.17, 15) is 29.4 Å². The fourth-order valence-electron chi connectivity index (χ4n) is 2.51. The number of hydrogen-bond acceptors (Lipinski definition) is 6. The summed E-state index contributed by atoms with van der Waals surface area (Å²) < 4.78 is 0. The lowest BCUT2D eigenvalue weighted by Gasteiger charge is -2.25. The van der Waals surface area contributed by atoms with Crippen molar-refractivity contribution in [3.8, 4) is 5.75 Å². The smallest absolute Gasteiger partial charge is 0.326 e. The summed E-state index contributed by atoms with van der Waals surface area (Å²) in [6.07, 6.45) is 0.568. The molecule has 0 saturated carbocycles. The predicted molar refractivity (Wildman–Crippen MR) is 105 cm³/mol. The number of aromatic hydroxyl groups is 1. The summed E-state index contributed by atoms with van der Waals surface area (Å²) in [6.45, 7) is 2.98. The summed E-state index contributed by atoms with van der Waals surface area (Å²) in [6, 6.07) is 3.79. The molecule has 0 saturated heterocycles. The Morgan fingerprint density at radius 1 is 1.07 bits per heavy atom. The van der Waals surface area contributed by atoms with Crippen LogP contribution in [0.2, 0.25) is 0 Å². The van der Waals surface area contributed by atoms with Gasteiger partial charge in [0.15, 0.2) is 0 Å². The van der Waals surface area contributed by atoms with E-state index >= 15 is 0 Å². The Labute approximate surface area is 168 Å². The number of carbonyl (C=O) groups is 4. The van der Waals surface area contributed by atoms with E-state index in [1.165, 1.54) is 12.1 Å². The lowest BCUT2D eigenvalue weighted by Crippen LogP contribution is -2.55. The zero-order valence-corrected chi connectivity index (χ0v) is 16.5. The Morgan fingerprint density at radius 3 is 2.21 bits per heavy atom. The molecule has 0 aliphatic rings. The number of nitrogens with one attached hydrogen (secondary N) is 3. The number of amides is 3. The average molecular weight is 408 g/mol. The SMILES string of the molecule is CCC(C)C(NC(=O)CNC(=O)CN)C(=O)NC(Cc1ccc(O)cc1)C(=O)O. The largest absolute Gasteiger partial charge is 0.508 e. The molecular formula is C19H28N4O6. The van der Waals surface area contributed by atoms with Gasteiger partial charge in [-0.3, -0.25) is 14.4 Å². The Balaban J connectivity index is 2.82. The Bertz CT molecular complexity index is 722. The van der Waals surface area contributed by atoms with Gasteiger partial charge in [-0.2, -0.15) is 0 Å². The van der Waals surface area contributed by atoms with E-state index in [1.807, 2.05) is 6.92 Å². The standard InChI is InChI=1S/C19H28N4O6/c1-3-11(2)17(23-16(26)10-21-15(25)9-20)18(27)22-14(19(28)29)8-12-4-6-13(24)7-5-12/h4-7,11,14,17,24H,3,8-10,20H2,1-2H3,(H,21,25)(H,22,27)(H,23,26)(H,28,29). The molecule has 0 fully saturated rings. The predicted octanol–water partition coefficient (Wildman–Crippen LogP) is -0.890. The van der Waals surface area contributed by atoms with Gasteiger partial charge in [-0.1, -0.05) is 32.4 Å². The number of carboxylic acids is 1. The molecule has 3 atom stereocenters. The Hall–Kier alpha value is -3.14. The van der Waals surface area contributed by atoms with Crippen molar-refractivity contribution in [2.75, 3.05) is 13.1 Å². The summed E-state index contributed by atoms with van der Waals surface area (Å²) in [5, 5.41) is 26.1. The Kier molecular flexibility index (Phi) is 9.60. The van der Waals surface area contributed by atoms with Gasteiger partial charge in [0.1, 0.15) is 17.8 Å². The maximum atomic E-state index is 12.7. The van der Waals surface area contributed by atoms with Gasteiger partial charge in [0, 0.05) is 6.42 Å². The van der Waals surface area contributed by atoms with Crippen LogP contribution >= 0.6 is 0 Å². The van der Waals surface area contributed by atoms with Crippen molar-refractivity contribution >= 4 is 23.7 Å². The first-order valence-corrected chi connectivity index (χ1v) is 9.25. The molecule has 10 heteroatoms. The molecule has 0 radical (unpaired) electrons. The topological polar surface area (TPSA) is 171 Å². The van der Waals surface area contributed by atoms with Crippen LogP contribution in [0, 0.1) is 5.92 Å². The number of hydrogen-bond donors (Lipinski definition) is 6. The molecule has 10 nitrogen and oxygen atoms in total. The van der Waals surface area contributed by atoms with Gasteiger partial charge in [-0.25, -0.2) is 4.79 Å². The minimum atomic E-state index is -1.23. The molecule has 160 valence electrons. The van der Waals surface area contributed by atoms with Crippen LogP contribution in [0.3, 0.4) is 0 Å². The second-order valence-electron chi connectivity index (χ2n) is 6.68. The molecule has 0 bridgehead atoms. The molecule has 3 unspecified atom stereocenters. The van der Waals surface area contributed by atoms with E-state index in [1.54, 1.807) is 19.1 Å². The van der Waals surface area contributed by atoms with Gasteiger partial charge < -0.3 is 31.9 Å². The van der Waals surface area contributed by atoms with E-state index in [2.05, 4.69) is 16.0 Å². The maximum absolute atomic E-state index is 12.7. The van der Waals surface area contributed by atoms with Crippen LogP contribution in [0.25, 0.3) is 0 Å². The van der Waals surface area contributed by atoms with E-state index in [0.717, 1.165) is 0 Å². The Morgan fingerprint density at radius 2 is 1.69 bits per heavy atom. The van der Waals surface area contributed by atoms with Gasteiger partial charge in [-0.15, -0.1) is 0 Å². The first kappa shape index (κ1) is 23.9. The van der Waals surface area contributed by atoms with Crippen LogP contribution in [0.4, 0.5) is 0 Å². The third-order valence-electron chi connectivity index (χ3n) is 4.43. The highest BCUT2D eigenvalue weighted by molar-refractivity contribution is 5.92. The van der Waals surface area contributed by atoms with Gasteiger partial charge in [0.2, 0.25) is 17.7 Å². The number of phenolic OH excluding ortho intramolecular Hbond substituents is 1. The number of rotatable bonds is 11. The quantitative estimate of drug-likeness (QED) is 0.276. The van der Waals surface area contributed by atoms with Crippen molar-refractivity contribution in [1.29, 1.82) is 0 Å². The third kappa shape index (κ3) is 8.18. The van der Waals surface area contributed by atoms with Crippen LogP contribution in [0.1, 0.15) is 25.8 Å². The number of nitrogens with two attached hydrogens (primary N) is 1. The van der Waals surface area contributed by atoms with E-state index in [0.29, 0.717) is 12.0 Å². The molecule has 3 amide bonds. The zero-order chi connectivity index (χ0) is 22.0. The molecule has 1 rings (SSSR count). The maximum Gasteiger partial charge on any atom is 0.326 e. The van der Waals surface area contributed by atoms with Gasteiger partial charge in [0.05, 0.1) is 13.1 Å². The molecule has 1 aromatic rings. The van der Waals surface area contributed by atoms with Crippen LogP contribution in [0.5, 0.6) is 5.75 Å². The van der Waals surface area contributed by atoms with Crippen molar-refractivity contribution in [2.45, 2.75) is 38.8 Å². The first-order valence-electron chi connectivity index (χ1n) is 9.25. The highest BCUT2D eigenvalue weighted by Gasteiger charge is 2.29. The molecule has 0 spiro atoms. The molecule has 0 aliphatic heterocycles. The number of carbonyl (C=O) groups excluding carboxylic acids is 3. The second kappa shape index (κ2) is 11.6. The van der Waals surface area contributed by atoms with Crippen molar-refractivity contribution < 1.29 is 29.4 Å². The van der Waals surface area contributed by atoms with Crippen LogP contribution in [-0.2, 0) is 25.6 Å². The third-order valence-corrected chi connectivity index (χ3v) is 4.43. The number of benzene rings is 1. The number of phenols is 1. The summed E-state index contributed by atoms with van der Waals surface area (Å²) in [7, 11) is 0. The molecule has 1 aromatic carbocycles. The van der Waals surface area contributed by atoms with Crippen molar-refractivity contribution in [2.24, 2.45) is 11.7 Å². The minimum Gasteiger partial charge on any atom is -0.508 e. The highest BCUT2D eigenvalue weighted by Crippen LogP contribution is 2.13. The van der Waals surface area contributed by atoms with Crippen molar-refractivity contribution in [1.82, 2.24) is 16.0 Å². The monoisotopic (exact) mass is 408 g/mol. The lowest BCUT2D eigenvalue weighted by atomic mass is 9.97. The molecule has 29 heavy (non-hydrogen) atoms. The average Bonchev–Trinajstić information content (AvgIpc) is 2.70. The molecule has 0 heterocycles. The second-order valence-corrected chi connectivity index (χ2v) is 6.68. The van der Waals surface area contributed by atoms with Gasteiger partial charge in [-0.05, 0) is 23.6 Å². The zero-order valence-electron chi connectivity index (χ0n) is 16.5. The number of carboxylic acid groups (broad SMARTS) is 1. The molecule has 0 aromatic heterocycles. The fraction of sp³-hybridized carbons (Fsp3) is 0.474. The highest BCUT2D eigenvalue weighted by atomic mass is 16.4. The normalized spacial score (nSPS) is 13.6. The van der Waals surface area contributed by atoms with Crippen LogP contribution in [0.15, 0.2) is 24.3 Å². The van der Waals surface area contributed by atoms with Gasteiger partial charge >= 0.3 is 5.97 Å². The van der Waals surface area contributed by atoms with Crippen LogP contribution < -0.4 is 21.7 Å². The van der Waals surface area contributed by atoms with Crippen molar-refractivity contribution in [3.05, 3.63) is 29.8 Å². The lowest BCUT2D eigenvalue weighted by molar-refractivity contribution is -0.142. The van der Waals surface area contributed by atoms with E-state index < -0.39 is 35.8 Å².